The Morgan fingerprint density at radius 2 is 1.65 bits per heavy atom. The Labute approximate surface area is 234 Å². The molecule has 1 saturated heterocycles. The highest BCUT2D eigenvalue weighted by Crippen LogP contribution is 2.28. The van der Waals surface area contributed by atoms with Crippen molar-refractivity contribution >= 4 is 15.8 Å². The van der Waals surface area contributed by atoms with E-state index in [4.69, 9.17) is 13.9 Å². The fourth-order valence-electron chi connectivity index (χ4n) is 4.95. The number of ether oxygens (including phenoxy) is 2. The Hall–Kier alpha value is -3.95. The van der Waals surface area contributed by atoms with E-state index in [-0.39, 0.29) is 36.0 Å². The molecule has 0 saturated carbocycles. The Kier molecular flexibility index (Phi) is 8.32. The molecule has 5 rings (SSSR count). The molecule has 1 atom stereocenters. The molecule has 0 bridgehead atoms. The zero-order valence-electron chi connectivity index (χ0n) is 22.6. The molecule has 2 heterocycles. The van der Waals surface area contributed by atoms with Crippen LogP contribution < -0.4 is 4.74 Å². The fraction of sp³-hybridized carbons (Fsp3) is 0.290. The molecule has 208 valence electrons. The third kappa shape index (κ3) is 6.43. The van der Waals surface area contributed by atoms with Gasteiger partial charge in [-0.2, -0.15) is 0 Å². The summed E-state index contributed by atoms with van der Waals surface area (Å²) in [7, 11) is -2.20. The maximum atomic E-state index is 12.4. The summed E-state index contributed by atoms with van der Waals surface area (Å²) < 4.78 is 41.4. The van der Waals surface area contributed by atoms with Crippen molar-refractivity contribution < 1.29 is 27.1 Å². The van der Waals surface area contributed by atoms with Crippen LogP contribution >= 0.6 is 0 Å². The van der Waals surface area contributed by atoms with Crippen LogP contribution in [0.1, 0.15) is 24.1 Å². The Morgan fingerprint density at radius 1 is 0.975 bits per heavy atom. The minimum absolute atomic E-state index is 0.139. The van der Waals surface area contributed by atoms with E-state index in [1.54, 1.807) is 0 Å². The highest BCUT2D eigenvalue weighted by molar-refractivity contribution is 7.90. The van der Waals surface area contributed by atoms with Crippen LogP contribution in [-0.2, 0) is 32.3 Å². The average molecular weight is 561 g/mol. The summed E-state index contributed by atoms with van der Waals surface area (Å²) in [6.07, 6.45) is 3.17. The van der Waals surface area contributed by atoms with Gasteiger partial charge in [-0.15, -0.1) is 0 Å². The van der Waals surface area contributed by atoms with Crippen LogP contribution in [0.5, 0.6) is 5.75 Å². The summed E-state index contributed by atoms with van der Waals surface area (Å²) in [4.78, 5) is 18.6. The average Bonchev–Trinajstić information content (AvgIpc) is 3.62. The molecular formula is C31H32N2O6S. The molecular weight excluding hydrogens is 528 g/mol. The van der Waals surface area contributed by atoms with E-state index in [1.165, 1.54) is 7.11 Å². The van der Waals surface area contributed by atoms with Crippen LogP contribution in [0.4, 0.5) is 0 Å². The summed E-state index contributed by atoms with van der Waals surface area (Å²) in [6, 6.07) is 25.1. The number of methoxy groups -OCH3 is 1. The van der Waals surface area contributed by atoms with Crippen molar-refractivity contribution in [1.29, 1.82) is 0 Å². The molecule has 0 unspecified atom stereocenters. The van der Waals surface area contributed by atoms with Gasteiger partial charge in [0.2, 0.25) is 20.8 Å². The minimum Gasteiger partial charge on any atom is -0.493 e. The van der Waals surface area contributed by atoms with Crippen LogP contribution in [-0.4, -0.2) is 56.8 Å². The topological polar surface area (TPSA) is 98.9 Å². The van der Waals surface area contributed by atoms with Gasteiger partial charge in [-0.3, -0.25) is 9.69 Å². The highest BCUT2D eigenvalue weighted by atomic mass is 32.2. The lowest BCUT2D eigenvalue weighted by Crippen LogP contribution is -2.36. The van der Waals surface area contributed by atoms with E-state index in [1.807, 2.05) is 78.9 Å². The number of aromatic nitrogens is 1. The number of carbonyl (C=O) groups is 1. The van der Waals surface area contributed by atoms with E-state index >= 15 is 0 Å². The quantitative estimate of drug-likeness (QED) is 0.245. The SMILES string of the molecule is COC(=O)[C@@H]1CCCN1Cc1ccc(OCCc2nc(-c3ccc(-c4ccccc4)cc3)oc2S(C)(=O)=O)cc1. The first-order valence-corrected chi connectivity index (χ1v) is 15.1. The minimum atomic E-state index is -3.62. The monoisotopic (exact) mass is 560 g/mol. The molecule has 0 spiro atoms. The molecule has 0 radical (unpaired) electrons. The maximum absolute atomic E-state index is 12.4. The van der Waals surface area contributed by atoms with Gasteiger partial charge in [-0.1, -0.05) is 54.6 Å². The Bertz CT molecular complexity index is 1550. The lowest BCUT2D eigenvalue weighted by atomic mass is 10.0. The lowest BCUT2D eigenvalue weighted by Gasteiger charge is -2.22. The van der Waals surface area contributed by atoms with Crippen LogP contribution in [0.25, 0.3) is 22.6 Å². The number of oxazole rings is 1. The van der Waals surface area contributed by atoms with Gasteiger partial charge >= 0.3 is 5.97 Å². The number of likely N-dealkylation sites (tertiary alicyclic amines) is 1. The van der Waals surface area contributed by atoms with Crippen molar-refractivity contribution in [3.8, 4) is 28.3 Å². The summed E-state index contributed by atoms with van der Waals surface area (Å²) in [5, 5.41) is -0.139. The lowest BCUT2D eigenvalue weighted by molar-refractivity contribution is -0.146. The van der Waals surface area contributed by atoms with Crippen molar-refractivity contribution in [2.75, 3.05) is 26.5 Å². The first-order chi connectivity index (χ1) is 19.3. The van der Waals surface area contributed by atoms with E-state index < -0.39 is 9.84 Å². The zero-order chi connectivity index (χ0) is 28.1. The molecule has 1 fully saturated rings. The molecule has 1 aliphatic heterocycles. The predicted molar refractivity (Wildman–Crippen MR) is 152 cm³/mol. The second-order valence-electron chi connectivity index (χ2n) is 9.86. The van der Waals surface area contributed by atoms with Crippen molar-refractivity contribution in [3.05, 3.63) is 90.1 Å². The summed E-state index contributed by atoms with van der Waals surface area (Å²) >= 11 is 0. The summed E-state index contributed by atoms with van der Waals surface area (Å²) in [6.45, 7) is 1.75. The van der Waals surface area contributed by atoms with Crippen LogP contribution in [0.2, 0.25) is 0 Å². The largest absolute Gasteiger partial charge is 0.493 e. The molecule has 1 aliphatic rings. The first-order valence-electron chi connectivity index (χ1n) is 13.2. The van der Waals surface area contributed by atoms with E-state index in [0.29, 0.717) is 23.6 Å². The van der Waals surface area contributed by atoms with Gasteiger partial charge in [0, 0.05) is 24.8 Å². The van der Waals surface area contributed by atoms with Gasteiger partial charge in [-0.05, 0) is 60.3 Å². The van der Waals surface area contributed by atoms with Crippen molar-refractivity contribution in [2.24, 2.45) is 0 Å². The number of esters is 1. The second-order valence-corrected chi connectivity index (χ2v) is 11.8. The van der Waals surface area contributed by atoms with E-state index in [0.717, 1.165) is 42.3 Å². The second kappa shape index (κ2) is 12.1. The first kappa shape index (κ1) is 27.6. The number of hydrogen-bond donors (Lipinski definition) is 0. The fourth-order valence-corrected chi connectivity index (χ4v) is 5.76. The smallest absolute Gasteiger partial charge is 0.323 e. The molecule has 4 aromatic rings. The Balaban J connectivity index is 1.22. The number of nitrogens with zero attached hydrogens (tertiary/aromatic N) is 2. The normalized spacial score (nSPS) is 15.7. The highest BCUT2D eigenvalue weighted by Gasteiger charge is 2.31. The Morgan fingerprint density at radius 3 is 2.33 bits per heavy atom. The van der Waals surface area contributed by atoms with Gasteiger partial charge in [0.15, 0.2) is 0 Å². The standard InChI is InChI=1S/C31H32N2O6S/c1-37-30(34)28-9-6-19-33(28)21-22-10-16-26(17-11-22)38-20-18-27-31(40(2,35)36)39-29(32-27)25-14-12-24(13-15-25)23-7-4-3-5-8-23/h3-5,7-8,10-17,28H,6,9,18-21H2,1-2H3/t28-/m0/s1. The molecule has 1 aromatic heterocycles. The maximum Gasteiger partial charge on any atom is 0.323 e. The zero-order valence-corrected chi connectivity index (χ0v) is 23.4. The van der Waals surface area contributed by atoms with Gasteiger partial charge in [-0.25, -0.2) is 13.4 Å². The third-order valence-corrected chi connectivity index (χ3v) is 7.98. The molecule has 0 amide bonds. The van der Waals surface area contributed by atoms with Crippen molar-refractivity contribution in [3.63, 3.8) is 0 Å². The summed E-state index contributed by atoms with van der Waals surface area (Å²) in [5.74, 6) is 0.730. The number of carbonyl (C=O) groups excluding carboxylic acids is 1. The number of benzene rings is 3. The number of sulfone groups is 1. The van der Waals surface area contributed by atoms with E-state index in [2.05, 4.69) is 9.88 Å². The molecule has 0 N–H and O–H groups in total. The number of rotatable bonds is 10. The van der Waals surface area contributed by atoms with Crippen molar-refractivity contribution in [1.82, 2.24) is 9.88 Å². The third-order valence-electron chi connectivity index (χ3n) is 6.99. The molecule has 9 heteroatoms. The van der Waals surface area contributed by atoms with Gasteiger partial charge in [0.1, 0.15) is 17.5 Å². The molecule has 0 aliphatic carbocycles. The van der Waals surface area contributed by atoms with Gasteiger partial charge in [0.05, 0.1) is 13.7 Å². The number of hydrogen-bond acceptors (Lipinski definition) is 8. The van der Waals surface area contributed by atoms with Gasteiger partial charge < -0.3 is 13.9 Å². The van der Waals surface area contributed by atoms with Crippen LogP contribution in [0.3, 0.4) is 0 Å². The molecule has 8 nitrogen and oxygen atoms in total. The molecule has 3 aromatic carbocycles. The van der Waals surface area contributed by atoms with E-state index in [9.17, 15) is 13.2 Å². The van der Waals surface area contributed by atoms with Gasteiger partial charge in [0.25, 0.3) is 0 Å². The van der Waals surface area contributed by atoms with Crippen LogP contribution in [0, 0.1) is 0 Å². The summed E-state index contributed by atoms with van der Waals surface area (Å²) in [5.41, 5.74) is 4.24. The molecule has 40 heavy (non-hydrogen) atoms. The van der Waals surface area contributed by atoms with Crippen molar-refractivity contribution in [2.45, 2.75) is 36.9 Å². The predicted octanol–water partition coefficient (Wildman–Crippen LogP) is 5.17. The van der Waals surface area contributed by atoms with Crippen LogP contribution in [0.15, 0.2) is 88.4 Å².